The number of methoxy groups -OCH3 is 1. The number of esters is 1. The number of nitrogens with one attached hydrogen (secondary N) is 1. The lowest BCUT2D eigenvalue weighted by atomic mass is 10.2. The van der Waals surface area contributed by atoms with Gasteiger partial charge in [0.25, 0.3) is 5.91 Å². The molecule has 0 saturated heterocycles. The number of anilines is 1. The first-order valence-corrected chi connectivity index (χ1v) is 6.13. The fourth-order valence-corrected chi connectivity index (χ4v) is 1.76. The number of carbonyl (C=O) groups is 2. The number of hydrogen-bond acceptors (Lipinski definition) is 4. The molecule has 0 fully saturated rings. The lowest BCUT2D eigenvalue weighted by molar-refractivity contribution is 0.0600. The van der Waals surface area contributed by atoms with Gasteiger partial charge in [0.1, 0.15) is 0 Å². The summed E-state index contributed by atoms with van der Waals surface area (Å²) in [5.41, 5.74) is 1.45. The van der Waals surface area contributed by atoms with Crippen LogP contribution in [0.15, 0.2) is 34.9 Å². The molecule has 0 radical (unpaired) electrons. The molecule has 20 heavy (non-hydrogen) atoms. The lowest BCUT2D eigenvalue weighted by Crippen LogP contribution is -2.12. The average Bonchev–Trinajstić information content (AvgIpc) is 2.87. The largest absolute Gasteiger partial charge is 0.465 e. The molecule has 2 rings (SSSR count). The summed E-state index contributed by atoms with van der Waals surface area (Å²) in [5, 5.41) is 2.90. The molecular weight excluding hydrogens is 282 g/mol. The monoisotopic (exact) mass is 293 g/mol. The van der Waals surface area contributed by atoms with Crippen LogP contribution >= 0.6 is 11.6 Å². The van der Waals surface area contributed by atoms with Crippen LogP contribution in [0.1, 0.15) is 26.5 Å². The maximum absolute atomic E-state index is 12.0. The first-order valence-electron chi connectivity index (χ1n) is 5.75. The van der Waals surface area contributed by atoms with Gasteiger partial charge in [-0.05, 0) is 36.8 Å². The Kier molecular flexibility index (Phi) is 4.10. The van der Waals surface area contributed by atoms with Crippen LogP contribution in [0.4, 0.5) is 5.69 Å². The van der Waals surface area contributed by atoms with Crippen molar-refractivity contribution in [3.8, 4) is 0 Å². The summed E-state index contributed by atoms with van der Waals surface area (Å²) in [6.45, 7) is 1.81. The highest BCUT2D eigenvalue weighted by Crippen LogP contribution is 2.24. The zero-order chi connectivity index (χ0) is 14.7. The van der Waals surface area contributed by atoms with Gasteiger partial charge in [-0.15, -0.1) is 0 Å². The molecule has 0 spiro atoms. The molecule has 2 aromatic rings. The highest BCUT2D eigenvalue weighted by Gasteiger charge is 2.14. The van der Waals surface area contributed by atoms with Gasteiger partial charge >= 0.3 is 5.97 Å². The minimum absolute atomic E-state index is 0.169. The number of rotatable bonds is 3. The van der Waals surface area contributed by atoms with Crippen LogP contribution in [0, 0.1) is 6.92 Å². The van der Waals surface area contributed by atoms with E-state index in [1.54, 1.807) is 6.07 Å². The van der Waals surface area contributed by atoms with E-state index in [4.69, 9.17) is 16.0 Å². The fraction of sp³-hybridized carbons (Fsp3) is 0.143. The molecule has 0 bridgehead atoms. The van der Waals surface area contributed by atoms with Crippen LogP contribution in [0.3, 0.4) is 0 Å². The third-order valence-electron chi connectivity index (χ3n) is 2.59. The Bertz CT molecular complexity index is 663. The van der Waals surface area contributed by atoms with Crippen LogP contribution in [0.25, 0.3) is 0 Å². The van der Waals surface area contributed by atoms with Crippen LogP contribution in [-0.2, 0) is 4.74 Å². The second-order valence-electron chi connectivity index (χ2n) is 4.13. The van der Waals surface area contributed by atoms with Crippen molar-refractivity contribution >= 4 is 29.2 Å². The van der Waals surface area contributed by atoms with Gasteiger partial charge in [-0.2, -0.15) is 0 Å². The minimum atomic E-state index is -0.508. The first-order chi connectivity index (χ1) is 9.51. The summed E-state index contributed by atoms with van der Waals surface area (Å²) in [4.78, 5) is 23.4. The summed E-state index contributed by atoms with van der Waals surface area (Å²) in [7, 11) is 1.28. The SMILES string of the molecule is COC(=O)c1ccc(Cl)c(NC(=O)c2cc(C)co2)c1. The van der Waals surface area contributed by atoms with Gasteiger partial charge in [0.15, 0.2) is 5.76 Å². The number of amides is 1. The number of halogens is 1. The van der Waals surface area contributed by atoms with E-state index in [9.17, 15) is 9.59 Å². The molecule has 0 unspecified atom stereocenters. The molecule has 0 aliphatic carbocycles. The molecule has 0 aliphatic heterocycles. The Balaban J connectivity index is 2.24. The van der Waals surface area contributed by atoms with Crippen molar-refractivity contribution in [1.82, 2.24) is 0 Å². The van der Waals surface area contributed by atoms with Crippen molar-refractivity contribution in [3.63, 3.8) is 0 Å². The predicted molar refractivity (Wildman–Crippen MR) is 74.2 cm³/mol. The summed E-state index contributed by atoms with van der Waals surface area (Å²) < 4.78 is 9.70. The van der Waals surface area contributed by atoms with Crippen molar-refractivity contribution in [3.05, 3.63) is 52.4 Å². The predicted octanol–water partition coefficient (Wildman–Crippen LogP) is 3.28. The highest BCUT2D eigenvalue weighted by molar-refractivity contribution is 6.34. The van der Waals surface area contributed by atoms with Gasteiger partial charge in [-0.3, -0.25) is 4.79 Å². The van der Waals surface area contributed by atoms with E-state index in [1.165, 1.54) is 31.6 Å². The van der Waals surface area contributed by atoms with E-state index in [1.807, 2.05) is 6.92 Å². The molecule has 1 heterocycles. The maximum Gasteiger partial charge on any atom is 0.337 e. The topological polar surface area (TPSA) is 68.5 Å². The summed E-state index contributed by atoms with van der Waals surface area (Å²) in [6, 6.07) is 6.08. The van der Waals surface area contributed by atoms with Crippen molar-refractivity contribution in [1.29, 1.82) is 0 Å². The van der Waals surface area contributed by atoms with Crippen molar-refractivity contribution in [2.75, 3.05) is 12.4 Å². The van der Waals surface area contributed by atoms with Crippen LogP contribution < -0.4 is 5.32 Å². The second-order valence-corrected chi connectivity index (χ2v) is 4.54. The Morgan fingerprint density at radius 2 is 2.05 bits per heavy atom. The van der Waals surface area contributed by atoms with Gasteiger partial charge in [0.05, 0.1) is 29.6 Å². The van der Waals surface area contributed by atoms with E-state index in [0.29, 0.717) is 16.3 Å². The quantitative estimate of drug-likeness (QED) is 0.882. The molecule has 1 aromatic carbocycles. The number of ether oxygens (including phenoxy) is 1. The van der Waals surface area contributed by atoms with Gasteiger partial charge in [-0.1, -0.05) is 11.6 Å². The summed E-state index contributed by atoms with van der Waals surface area (Å²) in [6.07, 6.45) is 1.47. The standard InChI is InChI=1S/C14H12ClNO4/c1-8-5-12(20-7-8)13(17)16-11-6-9(14(18)19-2)3-4-10(11)15/h3-7H,1-2H3,(H,16,17). The molecule has 104 valence electrons. The molecule has 0 aliphatic rings. The van der Waals surface area contributed by atoms with E-state index >= 15 is 0 Å². The van der Waals surface area contributed by atoms with Crippen LogP contribution in [-0.4, -0.2) is 19.0 Å². The van der Waals surface area contributed by atoms with Crippen LogP contribution in [0.2, 0.25) is 5.02 Å². The maximum atomic E-state index is 12.0. The second kappa shape index (κ2) is 5.79. The molecule has 5 nitrogen and oxygen atoms in total. The van der Waals surface area contributed by atoms with Gasteiger partial charge in [0.2, 0.25) is 0 Å². The van der Waals surface area contributed by atoms with Gasteiger partial charge < -0.3 is 14.5 Å². The van der Waals surface area contributed by atoms with E-state index < -0.39 is 11.9 Å². The van der Waals surface area contributed by atoms with Gasteiger partial charge in [0, 0.05) is 0 Å². The van der Waals surface area contributed by atoms with E-state index in [-0.39, 0.29) is 5.76 Å². The number of furan rings is 1. The zero-order valence-corrected chi connectivity index (χ0v) is 11.7. The number of carbonyl (C=O) groups excluding carboxylic acids is 2. The van der Waals surface area contributed by atoms with Crippen molar-refractivity contribution in [2.24, 2.45) is 0 Å². The average molecular weight is 294 g/mol. The number of aryl methyl sites for hydroxylation is 1. The van der Waals surface area contributed by atoms with Gasteiger partial charge in [-0.25, -0.2) is 4.79 Å². The summed E-state index contributed by atoms with van der Waals surface area (Å²) in [5.74, 6) is -0.782. The Hall–Kier alpha value is -2.27. The highest BCUT2D eigenvalue weighted by atomic mass is 35.5. The minimum Gasteiger partial charge on any atom is -0.465 e. The van der Waals surface area contributed by atoms with E-state index in [2.05, 4.69) is 10.1 Å². The zero-order valence-electron chi connectivity index (χ0n) is 10.9. The lowest BCUT2D eigenvalue weighted by Gasteiger charge is -2.07. The number of hydrogen-bond donors (Lipinski definition) is 1. The Morgan fingerprint density at radius 1 is 1.30 bits per heavy atom. The third-order valence-corrected chi connectivity index (χ3v) is 2.92. The fourth-order valence-electron chi connectivity index (χ4n) is 1.60. The molecule has 0 atom stereocenters. The molecule has 1 N–H and O–H groups in total. The van der Waals surface area contributed by atoms with Crippen molar-refractivity contribution in [2.45, 2.75) is 6.92 Å². The third kappa shape index (κ3) is 3.00. The molecule has 1 aromatic heterocycles. The molecule has 0 saturated carbocycles. The Labute approximate surface area is 120 Å². The smallest absolute Gasteiger partial charge is 0.337 e. The van der Waals surface area contributed by atoms with Crippen LogP contribution in [0.5, 0.6) is 0 Å². The Morgan fingerprint density at radius 3 is 2.65 bits per heavy atom. The molecular formula is C14H12ClNO4. The molecule has 6 heteroatoms. The number of benzene rings is 1. The first kappa shape index (κ1) is 14.1. The normalized spacial score (nSPS) is 10.2. The van der Waals surface area contributed by atoms with Crippen molar-refractivity contribution < 1.29 is 18.7 Å². The summed E-state index contributed by atoms with van der Waals surface area (Å²) >= 11 is 5.98. The van der Waals surface area contributed by atoms with E-state index in [0.717, 1.165) is 5.56 Å². The molecule has 1 amide bonds.